The third kappa shape index (κ3) is 5.71. The maximum absolute atomic E-state index is 12.4. The predicted molar refractivity (Wildman–Crippen MR) is 112 cm³/mol. The van der Waals surface area contributed by atoms with Crippen LogP contribution in [0.15, 0.2) is 52.1 Å². The fourth-order valence-electron chi connectivity index (χ4n) is 3.14. The number of rotatable bonds is 8. The summed E-state index contributed by atoms with van der Waals surface area (Å²) in [6.45, 7) is -0.660. The van der Waals surface area contributed by atoms with Gasteiger partial charge in [0.2, 0.25) is 17.5 Å². The van der Waals surface area contributed by atoms with E-state index in [0.29, 0.717) is 17.1 Å². The van der Waals surface area contributed by atoms with Crippen LogP contribution in [-0.2, 0) is 14.3 Å². The molecule has 0 radical (unpaired) electrons. The monoisotopic (exact) mass is 464 g/mol. The van der Waals surface area contributed by atoms with Gasteiger partial charge in [-0.05, 0) is 23.8 Å². The zero-order valence-corrected chi connectivity index (χ0v) is 17.8. The highest BCUT2D eigenvalue weighted by atomic mass is 16.7. The molecule has 5 atom stereocenters. The Bertz CT molecular complexity index is 1030. The minimum absolute atomic E-state index is 0.270. The highest BCUT2D eigenvalue weighted by Gasteiger charge is 2.48. The third-order valence-electron chi connectivity index (χ3n) is 4.85. The number of hydrogen-bond acceptors (Lipinski definition) is 11. The first-order valence-electron chi connectivity index (χ1n) is 9.84. The van der Waals surface area contributed by atoms with E-state index < -0.39 is 48.7 Å². The number of ether oxygens (including phenoxy) is 5. The summed E-state index contributed by atoms with van der Waals surface area (Å²) >= 11 is 0. The highest BCUT2D eigenvalue weighted by molar-refractivity contribution is 5.87. The zero-order valence-electron chi connectivity index (χ0n) is 17.8. The maximum Gasteiger partial charge on any atom is 0.331 e. The van der Waals surface area contributed by atoms with E-state index in [1.807, 2.05) is 0 Å². The van der Waals surface area contributed by atoms with Crippen molar-refractivity contribution in [2.75, 3.05) is 20.8 Å². The summed E-state index contributed by atoms with van der Waals surface area (Å²) in [6, 6.07) is 6.07. The quantitative estimate of drug-likeness (QED) is 0.360. The van der Waals surface area contributed by atoms with Crippen LogP contribution in [0.5, 0.6) is 17.2 Å². The number of hydrogen-bond donors (Lipinski definition) is 3. The minimum atomic E-state index is -1.68. The van der Waals surface area contributed by atoms with Crippen molar-refractivity contribution in [2.45, 2.75) is 30.7 Å². The van der Waals surface area contributed by atoms with Crippen molar-refractivity contribution in [1.82, 2.24) is 0 Å². The maximum atomic E-state index is 12.4. The van der Waals surface area contributed by atoms with Gasteiger partial charge in [0.25, 0.3) is 0 Å². The average molecular weight is 464 g/mol. The highest BCUT2D eigenvalue weighted by Crippen LogP contribution is 2.28. The summed E-state index contributed by atoms with van der Waals surface area (Å²) in [4.78, 5) is 24.2. The number of benzene rings is 1. The number of esters is 1. The van der Waals surface area contributed by atoms with Crippen LogP contribution >= 0.6 is 0 Å². The van der Waals surface area contributed by atoms with Gasteiger partial charge in [-0.1, -0.05) is 6.07 Å². The molecule has 0 spiro atoms. The van der Waals surface area contributed by atoms with Gasteiger partial charge in [0.1, 0.15) is 18.5 Å². The molecule has 0 unspecified atom stereocenters. The molecule has 33 heavy (non-hydrogen) atoms. The van der Waals surface area contributed by atoms with Gasteiger partial charge < -0.3 is 43.4 Å². The van der Waals surface area contributed by atoms with E-state index in [-0.39, 0.29) is 5.75 Å². The molecule has 1 saturated heterocycles. The Labute approximate surface area is 188 Å². The Morgan fingerprint density at radius 2 is 1.85 bits per heavy atom. The van der Waals surface area contributed by atoms with Crippen molar-refractivity contribution in [3.8, 4) is 17.2 Å². The molecule has 1 aromatic heterocycles. The largest absolute Gasteiger partial charge is 0.493 e. The van der Waals surface area contributed by atoms with Gasteiger partial charge in [0, 0.05) is 12.1 Å². The van der Waals surface area contributed by atoms with Crippen molar-refractivity contribution >= 4 is 12.0 Å². The molecule has 1 aliphatic heterocycles. The van der Waals surface area contributed by atoms with Gasteiger partial charge in [-0.15, -0.1) is 0 Å². The van der Waals surface area contributed by atoms with Gasteiger partial charge in [-0.3, -0.25) is 4.79 Å². The topological polar surface area (TPSA) is 154 Å². The number of carbonyl (C=O) groups is 1. The number of aliphatic hydroxyl groups is 3. The first-order chi connectivity index (χ1) is 15.9. The van der Waals surface area contributed by atoms with Crippen LogP contribution in [0.25, 0.3) is 6.08 Å². The Kier molecular flexibility index (Phi) is 8.06. The van der Waals surface area contributed by atoms with Crippen LogP contribution in [0.1, 0.15) is 5.56 Å². The Morgan fingerprint density at radius 3 is 2.52 bits per heavy atom. The van der Waals surface area contributed by atoms with Crippen LogP contribution in [0, 0.1) is 0 Å². The predicted octanol–water partition coefficient (Wildman–Crippen LogP) is 0.1000. The van der Waals surface area contributed by atoms with E-state index in [1.54, 1.807) is 18.2 Å². The van der Waals surface area contributed by atoms with Crippen LogP contribution in [-0.4, -0.2) is 72.8 Å². The number of methoxy groups -OCH3 is 2. The molecule has 0 amide bonds. The zero-order chi connectivity index (χ0) is 24.0. The van der Waals surface area contributed by atoms with E-state index in [0.717, 1.165) is 24.7 Å². The molecule has 11 heteroatoms. The second-order valence-corrected chi connectivity index (χ2v) is 6.96. The van der Waals surface area contributed by atoms with Crippen molar-refractivity contribution < 1.29 is 48.2 Å². The molecule has 0 saturated carbocycles. The average Bonchev–Trinajstić information content (AvgIpc) is 2.83. The summed E-state index contributed by atoms with van der Waals surface area (Å²) in [7, 11) is 2.97. The normalized spacial score (nSPS) is 24.9. The van der Waals surface area contributed by atoms with Crippen LogP contribution in [0.4, 0.5) is 0 Å². The molecule has 2 heterocycles. The number of carbonyl (C=O) groups excluding carboxylic acids is 1. The van der Waals surface area contributed by atoms with Crippen molar-refractivity contribution in [3.05, 3.63) is 58.7 Å². The van der Waals surface area contributed by atoms with E-state index in [4.69, 9.17) is 28.1 Å². The fourth-order valence-corrected chi connectivity index (χ4v) is 3.14. The molecule has 1 aromatic carbocycles. The molecule has 0 aliphatic carbocycles. The molecule has 178 valence electrons. The van der Waals surface area contributed by atoms with Crippen LogP contribution in [0.2, 0.25) is 0 Å². The Morgan fingerprint density at radius 1 is 1.09 bits per heavy atom. The van der Waals surface area contributed by atoms with Gasteiger partial charge in [0.05, 0.1) is 27.1 Å². The van der Waals surface area contributed by atoms with Gasteiger partial charge in [0.15, 0.2) is 23.7 Å². The Balaban J connectivity index is 1.73. The minimum Gasteiger partial charge on any atom is -0.493 e. The summed E-state index contributed by atoms with van der Waals surface area (Å²) in [5, 5.41) is 30.5. The molecular formula is C22H24O11. The molecule has 1 fully saturated rings. The standard InChI is InChI=1S/C22H24O11/c1-28-14-5-3-12(9-15(14)29-2)4-6-18(25)33-21-19(26)16(10-23)31-22(20(21)27)32-17-11-30-8-7-13(17)24/h3-9,11,16,19-23,26-27H,10H2,1-2H3/b6-4+/t16-,19-,20-,21+,22+/m1/s1. The van der Waals surface area contributed by atoms with E-state index >= 15 is 0 Å². The van der Waals surface area contributed by atoms with Crippen molar-refractivity contribution in [3.63, 3.8) is 0 Å². The lowest BCUT2D eigenvalue weighted by molar-refractivity contribution is -0.280. The van der Waals surface area contributed by atoms with Gasteiger partial charge in [-0.2, -0.15) is 0 Å². The van der Waals surface area contributed by atoms with E-state index in [2.05, 4.69) is 0 Å². The SMILES string of the molecule is COc1ccc(/C=C/C(=O)O[C@@H]2[C@@H](O)[C@H](Oc3coccc3=O)O[C@H](CO)[C@H]2O)cc1OC. The second kappa shape index (κ2) is 11.0. The van der Waals surface area contributed by atoms with Crippen molar-refractivity contribution in [2.24, 2.45) is 0 Å². The summed E-state index contributed by atoms with van der Waals surface area (Å²) in [6.07, 6.45) is -2.85. The van der Waals surface area contributed by atoms with E-state index in [1.165, 1.54) is 20.3 Å². The van der Waals surface area contributed by atoms with Gasteiger partial charge >= 0.3 is 5.97 Å². The lowest BCUT2D eigenvalue weighted by Gasteiger charge is -2.40. The first kappa shape index (κ1) is 24.3. The smallest absolute Gasteiger partial charge is 0.331 e. The van der Waals surface area contributed by atoms with Gasteiger partial charge in [-0.25, -0.2) is 4.79 Å². The molecule has 3 rings (SSSR count). The third-order valence-corrected chi connectivity index (χ3v) is 4.85. The van der Waals surface area contributed by atoms with Crippen LogP contribution in [0.3, 0.4) is 0 Å². The molecular weight excluding hydrogens is 440 g/mol. The van der Waals surface area contributed by atoms with Crippen LogP contribution < -0.4 is 19.6 Å². The molecule has 11 nitrogen and oxygen atoms in total. The molecule has 0 bridgehead atoms. The first-order valence-corrected chi connectivity index (χ1v) is 9.84. The lowest BCUT2D eigenvalue weighted by atomic mass is 9.99. The summed E-state index contributed by atoms with van der Waals surface area (Å²) < 4.78 is 31.1. The second-order valence-electron chi connectivity index (χ2n) is 6.96. The van der Waals surface area contributed by atoms with Crippen molar-refractivity contribution in [1.29, 1.82) is 0 Å². The van der Waals surface area contributed by atoms with E-state index in [9.17, 15) is 24.9 Å². The lowest BCUT2D eigenvalue weighted by Crippen LogP contribution is -2.61. The number of aliphatic hydroxyl groups excluding tert-OH is 3. The summed E-state index contributed by atoms with van der Waals surface area (Å²) in [5.41, 5.74) is 0.0537. The molecule has 3 N–H and O–H groups in total. The summed E-state index contributed by atoms with van der Waals surface area (Å²) in [5.74, 6) is -0.184. The molecule has 1 aliphatic rings. The fraction of sp³-hybridized carbons (Fsp3) is 0.364. The molecule has 2 aromatic rings. The Hall–Kier alpha value is -3.38.